The summed E-state index contributed by atoms with van der Waals surface area (Å²) >= 11 is 0. The van der Waals surface area contributed by atoms with Crippen LogP contribution in [-0.2, 0) is 7.05 Å². The van der Waals surface area contributed by atoms with E-state index in [1.54, 1.807) is 0 Å². The summed E-state index contributed by atoms with van der Waals surface area (Å²) in [4.78, 5) is 7.33. The van der Waals surface area contributed by atoms with Crippen LogP contribution < -0.4 is 5.32 Å². The lowest BCUT2D eigenvalue weighted by molar-refractivity contribution is 0.469. The SMILES string of the molecule is CCNC(=NCCCCC1CCCC1)N1CCC(c2cnn(C)c2)C1. The van der Waals surface area contributed by atoms with Gasteiger partial charge >= 0.3 is 0 Å². The summed E-state index contributed by atoms with van der Waals surface area (Å²) in [6.07, 6.45) is 15.2. The molecule has 0 spiro atoms. The average Bonchev–Trinajstić information content (AvgIpc) is 3.35. The molecule has 0 radical (unpaired) electrons. The first-order valence-electron chi connectivity index (χ1n) is 10.3. The van der Waals surface area contributed by atoms with Crippen molar-refractivity contribution in [1.82, 2.24) is 20.0 Å². The second-order valence-electron chi connectivity index (χ2n) is 7.76. The molecule has 2 heterocycles. The van der Waals surface area contributed by atoms with Gasteiger partial charge < -0.3 is 10.2 Å². The third kappa shape index (κ3) is 5.23. The molecule has 1 unspecified atom stereocenters. The lowest BCUT2D eigenvalue weighted by Gasteiger charge is -2.21. The molecule has 1 atom stereocenters. The van der Waals surface area contributed by atoms with Gasteiger partial charge in [0.15, 0.2) is 5.96 Å². The van der Waals surface area contributed by atoms with Crippen LogP contribution in [0.4, 0.5) is 0 Å². The standard InChI is InChI=1S/C20H35N5/c1-3-21-20(22-12-7-6-10-17-8-4-5-9-17)25-13-11-18(16-25)19-14-23-24(2)15-19/h14-15,17-18H,3-13,16H2,1-2H3,(H,21,22). The Morgan fingerprint density at radius 2 is 2.12 bits per heavy atom. The second kappa shape index (κ2) is 9.25. The highest BCUT2D eigenvalue weighted by atomic mass is 15.3. The molecule has 1 N–H and O–H groups in total. The van der Waals surface area contributed by atoms with Crippen LogP contribution >= 0.6 is 0 Å². The largest absolute Gasteiger partial charge is 0.357 e. The quantitative estimate of drug-likeness (QED) is 0.467. The van der Waals surface area contributed by atoms with Crippen LogP contribution in [0.5, 0.6) is 0 Å². The zero-order valence-electron chi connectivity index (χ0n) is 16.1. The van der Waals surface area contributed by atoms with E-state index in [0.717, 1.165) is 38.1 Å². The molecule has 0 amide bonds. The number of unbranched alkanes of at least 4 members (excludes halogenated alkanes) is 1. The molecule has 140 valence electrons. The van der Waals surface area contributed by atoms with Crippen molar-refractivity contribution in [3.63, 3.8) is 0 Å². The number of likely N-dealkylation sites (tertiary alicyclic amines) is 1. The van der Waals surface area contributed by atoms with Crippen LogP contribution in [0, 0.1) is 5.92 Å². The molecule has 2 fully saturated rings. The lowest BCUT2D eigenvalue weighted by atomic mass is 10.0. The van der Waals surface area contributed by atoms with Crippen molar-refractivity contribution in [3.8, 4) is 0 Å². The second-order valence-corrected chi connectivity index (χ2v) is 7.76. The van der Waals surface area contributed by atoms with Gasteiger partial charge in [-0.25, -0.2) is 0 Å². The summed E-state index contributed by atoms with van der Waals surface area (Å²) in [6, 6.07) is 0. The molecule has 5 nitrogen and oxygen atoms in total. The van der Waals surface area contributed by atoms with Gasteiger partial charge in [0.05, 0.1) is 6.20 Å². The molecule has 25 heavy (non-hydrogen) atoms. The maximum atomic E-state index is 4.90. The molecule has 0 aromatic carbocycles. The van der Waals surface area contributed by atoms with Gasteiger partial charge in [0, 0.05) is 45.3 Å². The van der Waals surface area contributed by atoms with Gasteiger partial charge in [0.1, 0.15) is 0 Å². The van der Waals surface area contributed by atoms with Gasteiger partial charge in [0.2, 0.25) is 0 Å². The fourth-order valence-corrected chi connectivity index (χ4v) is 4.33. The summed E-state index contributed by atoms with van der Waals surface area (Å²) in [5, 5.41) is 7.81. The third-order valence-corrected chi connectivity index (χ3v) is 5.78. The molecule has 2 aliphatic rings. The lowest BCUT2D eigenvalue weighted by Crippen LogP contribution is -2.40. The van der Waals surface area contributed by atoms with Crippen LogP contribution in [-0.4, -0.2) is 46.8 Å². The Kier molecular flexibility index (Phi) is 6.76. The number of nitrogens with zero attached hydrogens (tertiary/aromatic N) is 4. The van der Waals surface area contributed by atoms with E-state index in [0.29, 0.717) is 5.92 Å². The zero-order valence-corrected chi connectivity index (χ0v) is 16.1. The van der Waals surface area contributed by atoms with Crippen molar-refractivity contribution in [2.75, 3.05) is 26.2 Å². The predicted molar refractivity (Wildman–Crippen MR) is 104 cm³/mol. The molecule has 0 bridgehead atoms. The van der Waals surface area contributed by atoms with Crippen LogP contribution in [0.1, 0.15) is 69.8 Å². The smallest absolute Gasteiger partial charge is 0.193 e. The molecule has 1 saturated carbocycles. The number of nitrogens with one attached hydrogen (secondary N) is 1. The minimum Gasteiger partial charge on any atom is -0.357 e. The number of aromatic nitrogens is 2. The Hall–Kier alpha value is -1.52. The molecule has 1 saturated heterocycles. The molecule has 1 aliphatic carbocycles. The van der Waals surface area contributed by atoms with E-state index in [1.165, 1.54) is 56.9 Å². The Morgan fingerprint density at radius 3 is 2.84 bits per heavy atom. The Balaban J connectivity index is 1.45. The van der Waals surface area contributed by atoms with Crippen LogP contribution in [0.2, 0.25) is 0 Å². The highest BCUT2D eigenvalue weighted by molar-refractivity contribution is 5.80. The normalized spacial score (nSPS) is 22.1. The first kappa shape index (κ1) is 18.3. The molecule has 1 aromatic rings. The van der Waals surface area contributed by atoms with E-state index in [9.17, 15) is 0 Å². The van der Waals surface area contributed by atoms with Gasteiger partial charge in [-0.15, -0.1) is 0 Å². The third-order valence-electron chi connectivity index (χ3n) is 5.78. The van der Waals surface area contributed by atoms with Gasteiger partial charge in [-0.3, -0.25) is 9.67 Å². The fourth-order valence-electron chi connectivity index (χ4n) is 4.33. The number of guanidine groups is 1. The summed E-state index contributed by atoms with van der Waals surface area (Å²) in [7, 11) is 1.99. The van der Waals surface area contributed by atoms with Crippen molar-refractivity contribution in [2.24, 2.45) is 18.0 Å². The van der Waals surface area contributed by atoms with E-state index in [4.69, 9.17) is 4.99 Å². The van der Waals surface area contributed by atoms with Crippen molar-refractivity contribution >= 4 is 5.96 Å². The summed E-state index contributed by atoms with van der Waals surface area (Å²) in [5.74, 6) is 2.70. The summed E-state index contributed by atoms with van der Waals surface area (Å²) < 4.78 is 1.90. The van der Waals surface area contributed by atoms with E-state index in [-0.39, 0.29) is 0 Å². The van der Waals surface area contributed by atoms with Gasteiger partial charge in [0.25, 0.3) is 0 Å². The maximum Gasteiger partial charge on any atom is 0.193 e. The van der Waals surface area contributed by atoms with Crippen molar-refractivity contribution in [1.29, 1.82) is 0 Å². The van der Waals surface area contributed by atoms with Crippen LogP contribution in [0.25, 0.3) is 0 Å². The molecule has 1 aliphatic heterocycles. The monoisotopic (exact) mass is 345 g/mol. The number of hydrogen-bond donors (Lipinski definition) is 1. The molecule has 1 aromatic heterocycles. The van der Waals surface area contributed by atoms with Crippen molar-refractivity contribution in [3.05, 3.63) is 18.0 Å². The van der Waals surface area contributed by atoms with Gasteiger partial charge in [-0.1, -0.05) is 38.5 Å². The summed E-state index contributed by atoms with van der Waals surface area (Å²) in [5.41, 5.74) is 1.36. The highest BCUT2D eigenvalue weighted by Gasteiger charge is 2.26. The van der Waals surface area contributed by atoms with Gasteiger partial charge in [-0.2, -0.15) is 5.10 Å². The average molecular weight is 346 g/mol. The Bertz CT molecular complexity index is 544. The first-order chi connectivity index (χ1) is 12.3. The van der Waals surface area contributed by atoms with Gasteiger partial charge in [-0.05, 0) is 31.2 Å². The minimum absolute atomic E-state index is 0.583. The van der Waals surface area contributed by atoms with E-state index >= 15 is 0 Å². The highest BCUT2D eigenvalue weighted by Crippen LogP contribution is 2.29. The van der Waals surface area contributed by atoms with Crippen LogP contribution in [0.15, 0.2) is 17.4 Å². The van der Waals surface area contributed by atoms with Crippen molar-refractivity contribution < 1.29 is 0 Å². The number of rotatable bonds is 7. The number of hydrogen-bond acceptors (Lipinski definition) is 2. The molecule has 3 rings (SSSR count). The van der Waals surface area contributed by atoms with Crippen molar-refractivity contribution in [2.45, 2.75) is 64.2 Å². The Labute approximate surface area is 152 Å². The molecule has 5 heteroatoms. The summed E-state index contributed by atoms with van der Waals surface area (Å²) in [6.45, 7) is 6.20. The topological polar surface area (TPSA) is 45.5 Å². The maximum absolute atomic E-state index is 4.90. The fraction of sp³-hybridized carbons (Fsp3) is 0.800. The minimum atomic E-state index is 0.583. The van der Waals surface area contributed by atoms with Crippen LogP contribution in [0.3, 0.4) is 0 Å². The van der Waals surface area contributed by atoms with E-state index in [1.807, 2.05) is 17.9 Å². The molecular formula is C20H35N5. The first-order valence-corrected chi connectivity index (χ1v) is 10.3. The predicted octanol–water partition coefficient (Wildman–Crippen LogP) is 3.54. The van der Waals surface area contributed by atoms with E-state index in [2.05, 4.69) is 28.4 Å². The number of aliphatic imine (C=N–C) groups is 1. The van der Waals surface area contributed by atoms with E-state index < -0.39 is 0 Å². The molecular weight excluding hydrogens is 310 g/mol. The number of aryl methyl sites for hydroxylation is 1. The zero-order chi connectivity index (χ0) is 17.5. The Morgan fingerprint density at radius 1 is 1.28 bits per heavy atom.